The molecule has 0 aromatic rings. The minimum absolute atomic E-state index is 0.185. The first-order chi connectivity index (χ1) is 7.39. The summed E-state index contributed by atoms with van der Waals surface area (Å²) >= 11 is 0. The first-order valence-electron chi connectivity index (χ1n) is 6.36. The number of hydrogen-bond acceptors (Lipinski definition) is 2. The second-order valence-electron chi connectivity index (χ2n) is 5.53. The average molecular weight is 247 g/mol. The van der Waals surface area contributed by atoms with Crippen LogP contribution in [0.15, 0.2) is 0 Å². The minimum Gasteiger partial charge on any atom is -0.215 e. The molecule has 1 rings (SSSR count). The Kier molecular flexibility index (Phi) is 4.80. The van der Waals surface area contributed by atoms with Gasteiger partial charge in [0.2, 0.25) is 10.0 Å². The van der Waals surface area contributed by atoms with Crippen molar-refractivity contribution >= 4 is 10.0 Å². The van der Waals surface area contributed by atoms with E-state index in [1.54, 1.807) is 6.92 Å². The third kappa shape index (κ3) is 4.06. The van der Waals surface area contributed by atoms with Crippen LogP contribution in [0.2, 0.25) is 0 Å². The highest BCUT2D eigenvalue weighted by Crippen LogP contribution is 2.42. The third-order valence-corrected chi connectivity index (χ3v) is 4.90. The van der Waals surface area contributed by atoms with Crippen molar-refractivity contribution in [3.8, 4) is 0 Å². The summed E-state index contributed by atoms with van der Waals surface area (Å²) in [5.41, 5.74) is 0.233. The second-order valence-corrected chi connectivity index (χ2v) is 7.63. The Balaban J connectivity index is 2.58. The molecule has 0 aromatic heterocycles. The lowest BCUT2D eigenvalue weighted by molar-refractivity contribution is 0.236. The number of nitrogens with one attached hydrogen (secondary N) is 1. The Hall–Kier alpha value is -0.0900. The minimum atomic E-state index is -3.03. The largest absolute Gasteiger partial charge is 0.215 e. The van der Waals surface area contributed by atoms with Crippen LogP contribution in [0, 0.1) is 11.3 Å². The lowest BCUT2D eigenvalue weighted by atomic mass is 9.79. The highest BCUT2D eigenvalue weighted by Gasteiger charge is 2.34. The van der Waals surface area contributed by atoms with Crippen LogP contribution in [0.4, 0.5) is 0 Å². The Morgan fingerprint density at radius 1 is 1.25 bits per heavy atom. The first-order valence-corrected chi connectivity index (χ1v) is 8.02. The molecule has 1 fully saturated rings. The van der Waals surface area contributed by atoms with Crippen molar-refractivity contribution in [1.82, 2.24) is 4.72 Å². The molecule has 4 heteroatoms. The van der Waals surface area contributed by atoms with Crippen LogP contribution in [0.5, 0.6) is 0 Å². The summed E-state index contributed by atoms with van der Waals surface area (Å²) < 4.78 is 25.7. The Morgan fingerprint density at radius 2 is 1.81 bits per heavy atom. The first kappa shape index (κ1) is 14.0. The van der Waals surface area contributed by atoms with Gasteiger partial charge in [-0.2, -0.15) is 0 Å². The molecule has 0 spiro atoms. The molecule has 0 unspecified atom stereocenters. The Morgan fingerprint density at radius 3 is 2.25 bits per heavy atom. The molecule has 3 nitrogen and oxygen atoms in total. The molecule has 0 aromatic carbocycles. The number of sulfonamides is 1. The third-order valence-electron chi connectivity index (χ3n) is 3.55. The molecule has 0 aliphatic heterocycles. The van der Waals surface area contributed by atoms with E-state index in [0.29, 0.717) is 12.5 Å². The van der Waals surface area contributed by atoms with Crippen molar-refractivity contribution in [3.63, 3.8) is 0 Å². The van der Waals surface area contributed by atoms with E-state index in [-0.39, 0.29) is 11.2 Å². The van der Waals surface area contributed by atoms with Crippen LogP contribution in [0.3, 0.4) is 0 Å². The fourth-order valence-electron chi connectivity index (χ4n) is 2.81. The fraction of sp³-hybridized carbons (Fsp3) is 1.00. The van der Waals surface area contributed by atoms with Gasteiger partial charge >= 0.3 is 0 Å². The molecular formula is C12H25NO2S. The van der Waals surface area contributed by atoms with E-state index in [1.165, 1.54) is 25.7 Å². The van der Waals surface area contributed by atoms with Gasteiger partial charge in [-0.15, -0.1) is 0 Å². The molecule has 0 heterocycles. The maximum atomic E-state index is 11.5. The van der Waals surface area contributed by atoms with E-state index in [9.17, 15) is 8.42 Å². The van der Waals surface area contributed by atoms with Gasteiger partial charge in [-0.3, -0.25) is 0 Å². The van der Waals surface area contributed by atoms with E-state index in [1.807, 2.05) is 0 Å². The van der Waals surface area contributed by atoms with Crippen LogP contribution < -0.4 is 4.72 Å². The van der Waals surface area contributed by atoms with Gasteiger partial charge in [0.25, 0.3) is 0 Å². The van der Waals surface area contributed by atoms with Crippen molar-refractivity contribution in [2.24, 2.45) is 11.3 Å². The van der Waals surface area contributed by atoms with Crippen molar-refractivity contribution in [3.05, 3.63) is 0 Å². The molecule has 1 N–H and O–H groups in total. The maximum absolute atomic E-state index is 11.5. The SMILES string of the molecule is CCS(=O)(=O)NCC1(CC(C)C)CCCC1. The molecule has 0 atom stereocenters. The Bertz CT molecular complexity index is 303. The molecule has 0 radical (unpaired) electrons. The second kappa shape index (κ2) is 5.50. The topological polar surface area (TPSA) is 46.2 Å². The zero-order chi connectivity index (χ0) is 12.2. The van der Waals surface area contributed by atoms with Crippen LogP contribution in [0.25, 0.3) is 0 Å². The summed E-state index contributed by atoms with van der Waals surface area (Å²) in [5.74, 6) is 0.828. The zero-order valence-electron chi connectivity index (χ0n) is 10.8. The smallest absolute Gasteiger partial charge is 0.211 e. The molecule has 0 bridgehead atoms. The highest BCUT2D eigenvalue weighted by atomic mass is 32.2. The van der Waals surface area contributed by atoms with Crippen molar-refractivity contribution in [2.45, 2.75) is 52.9 Å². The summed E-state index contributed by atoms with van der Waals surface area (Å²) in [6, 6.07) is 0. The summed E-state index contributed by atoms with van der Waals surface area (Å²) in [4.78, 5) is 0. The average Bonchev–Trinajstić information content (AvgIpc) is 2.64. The van der Waals surface area contributed by atoms with Gasteiger partial charge in [0.15, 0.2) is 0 Å². The van der Waals surface area contributed by atoms with Crippen LogP contribution in [-0.4, -0.2) is 20.7 Å². The van der Waals surface area contributed by atoms with Gasteiger partial charge in [0.1, 0.15) is 0 Å². The molecule has 1 saturated carbocycles. The van der Waals surface area contributed by atoms with E-state index < -0.39 is 10.0 Å². The lowest BCUT2D eigenvalue weighted by Crippen LogP contribution is -2.37. The van der Waals surface area contributed by atoms with E-state index in [4.69, 9.17) is 0 Å². The Labute approximate surface area is 100 Å². The molecule has 96 valence electrons. The monoisotopic (exact) mass is 247 g/mol. The quantitative estimate of drug-likeness (QED) is 0.784. The van der Waals surface area contributed by atoms with Crippen molar-refractivity contribution < 1.29 is 8.42 Å². The van der Waals surface area contributed by atoms with E-state index in [2.05, 4.69) is 18.6 Å². The molecule has 0 saturated heterocycles. The summed E-state index contributed by atoms with van der Waals surface area (Å²) in [7, 11) is -3.03. The van der Waals surface area contributed by atoms with E-state index >= 15 is 0 Å². The molecule has 1 aliphatic carbocycles. The summed E-state index contributed by atoms with van der Waals surface area (Å²) in [6.07, 6.45) is 6.00. The predicted molar refractivity (Wildman–Crippen MR) is 67.8 cm³/mol. The number of hydrogen-bond donors (Lipinski definition) is 1. The fourth-order valence-corrected chi connectivity index (χ4v) is 3.54. The molecule has 16 heavy (non-hydrogen) atoms. The van der Waals surface area contributed by atoms with E-state index in [0.717, 1.165) is 6.42 Å². The zero-order valence-corrected chi connectivity index (χ0v) is 11.6. The van der Waals surface area contributed by atoms with Crippen molar-refractivity contribution in [1.29, 1.82) is 0 Å². The van der Waals surface area contributed by atoms with Crippen molar-refractivity contribution in [2.75, 3.05) is 12.3 Å². The molecular weight excluding hydrogens is 222 g/mol. The van der Waals surface area contributed by atoms with Gasteiger partial charge in [-0.05, 0) is 37.5 Å². The number of rotatable bonds is 6. The maximum Gasteiger partial charge on any atom is 0.211 e. The normalized spacial score (nSPS) is 20.5. The summed E-state index contributed by atoms with van der Waals surface area (Å²) in [5, 5.41) is 0. The van der Waals surface area contributed by atoms with Gasteiger partial charge in [0.05, 0.1) is 5.75 Å². The van der Waals surface area contributed by atoms with Gasteiger partial charge < -0.3 is 0 Å². The molecule has 1 aliphatic rings. The standard InChI is InChI=1S/C12H25NO2S/c1-4-16(14,15)13-10-12(9-11(2)3)7-5-6-8-12/h11,13H,4-10H2,1-3H3. The van der Waals surface area contributed by atoms with Crippen LogP contribution in [-0.2, 0) is 10.0 Å². The van der Waals surface area contributed by atoms with Gasteiger partial charge in [-0.25, -0.2) is 13.1 Å². The van der Waals surface area contributed by atoms with Crippen LogP contribution in [0.1, 0.15) is 52.9 Å². The summed E-state index contributed by atoms with van der Waals surface area (Å²) in [6.45, 7) is 6.76. The van der Waals surface area contributed by atoms with Gasteiger partial charge in [-0.1, -0.05) is 26.7 Å². The lowest BCUT2D eigenvalue weighted by Gasteiger charge is -2.31. The van der Waals surface area contributed by atoms with Crippen LogP contribution >= 0.6 is 0 Å². The molecule has 0 amide bonds. The highest BCUT2D eigenvalue weighted by molar-refractivity contribution is 7.89. The predicted octanol–water partition coefficient (Wildman–Crippen LogP) is 2.53. The van der Waals surface area contributed by atoms with Gasteiger partial charge in [0, 0.05) is 6.54 Å².